The van der Waals surface area contributed by atoms with Crippen LogP contribution in [0.5, 0.6) is 0 Å². The van der Waals surface area contributed by atoms with E-state index in [0.717, 1.165) is 10.6 Å². The summed E-state index contributed by atoms with van der Waals surface area (Å²) in [5, 5.41) is 4.97. The normalized spacial score (nSPS) is 14.8. The van der Waals surface area contributed by atoms with Gasteiger partial charge in [-0.05, 0) is 36.6 Å². The Labute approximate surface area is 120 Å². The summed E-state index contributed by atoms with van der Waals surface area (Å²) in [6.07, 6.45) is 0. The van der Waals surface area contributed by atoms with Crippen LogP contribution in [-0.2, 0) is 4.74 Å². The van der Waals surface area contributed by atoms with E-state index in [2.05, 4.69) is 26.1 Å². The summed E-state index contributed by atoms with van der Waals surface area (Å²) in [7, 11) is 1.72. The third-order valence-electron chi connectivity index (χ3n) is 3.04. The summed E-state index contributed by atoms with van der Waals surface area (Å²) in [5.41, 5.74) is 1.02. The average molecular weight is 290 g/mol. The van der Waals surface area contributed by atoms with E-state index < -0.39 is 0 Å². The Hall–Kier alpha value is -0.280. The zero-order chi connectivity index (χ0) is 13.7. The number of hydrogen-bond acceptors (Lipinski definition) is 2. The van der Waals surface area contributed by atoms with E-state index in [0.29, 0.717) is 23.6 Å². The molecule has 1 aromatic rings. The number of rotatable bonds is 6. The highest BCUT2D eigenvalue weighted by molar-refractivity contribution is 6.33. The van der Waals surface area contributed by atoms with Crippen molar-refractivity contribution < 1.29 is 4.74 Å². The fourth-order valence-corrected chi connectivity index (χ4v) is 2.33. The van der Waals surface area contributed by atoms with Gasteiger partial charge >= 0.3 is 0 Å². The Morgan fingerprint density at radius 3 is 2.44 bits per heavy atom. The van der Waals surface area contributed by atoms with Crippen molar-refractivity contribution in [2.24, 2.45) is 5.92 Å². The molecule has 0 bridgehead atoms. The molecule has 0 saturated carbocycles. The lowest BCUT2D eigenvalue weighted by atomic mass is 10.0. The molecule has 0 saturated heterocycles. The van der Waals surface area contributed by atoms with Crippen LogP contribution >= 0.6 is 23.2 Å². The summed E-state index contributed by atoms with van der Waals surface area (Å²) >= 11 is 12.2. The minimum absolute atomic E-state index is 0.138. The second-order valence-electron chi connectivity index (χ2n) is 4.86. The Kier molecular flexibility index (Phi) is 6.44. The molecule has 0 spiro atoms. The zero-order valence-electron chi connectivity index (χ0n) is 11.3. The zero-order valence-corrected chi connectivity index (χ0v) is 12.8. The molecule has 0 fully saturated rings. The quantitative estimate of drug-likeness (QED) is 0.842. The van der Waals surface area contributed by atoms with Crippen LogP contribution in [0.15, 0.2) is 18.2 Å². The number of nitrogens with one attached hydrogen (secondary N) is 1. The van der Waals surface area contributed by atoms with Crippen LogP contribution in [0.25, 0.3) is 0 Å². The molecular formula is C14H21Cl2NO. The van der Waals surface area contributed by atoms with Crippen LogP contribution in [0.2, 0.25) is 10.0 Å². The number of ether oxygens (including phenoxy) is 1. The maximum atomic E-state index is 6.20. The predicted octanol–water partition coefficient (Wildman–Crippen LogP) is 4.32. The molecule has 0 aliphatic carbocycles. The van der Waals surface area contributed by atoms with Crippen molar-refractivity contribution in [1.29, 1.82) is 0 Å². The van der Waals surface area contributed by atoms with Gasteiger partial charge in [-0.25, -0.2) is 0 Å². The van der Waals surface area contributed by atoms with E-state index in [1.807, 2.05) is 12.1 Å². The topological polar surface area (TPSA) is 21.3 Å². The van der Waals surface area contributed by atoms with E-state index in [1.165, 1.54) is 0 Å². The fraction of sp³-hybridized carbons (Fsp3) is 0.571. The average Bonchev–Trinajstić information content (AvgIpc) is 2.31. The number of benzene rings is 1. The van der Waals surface area contributed by atoms with Crippen molar-refractivity contribution in [1.82, 2.24) is 5.32 Å². The SMILES string of the molecule is COCC(NC(C)c1cc(Cl)ccc1Cl)C(C)C. The van der Waals surface area contributed by atoms with Gasteiger partial charge in [0.05, 0.1) is 6.61 Å². The molecule has 1 aromatic carbocycles. The van der Waals surface area contributed by atoms with Gasteiger partial charge in [0, 0.05) is 29.2 Å². The third-order valence-corrected chi connectivity index (χ3v) is 3.62. The molecule has 4 heteroatoms. The van der Waals surface area contributed by atoms with E-state index in [1.54, 1.807) is 13.2 Å². The highest BCUT2D eigenvalue weighted by Crippen LogP contribution is 2.26. The van der Waals surface area contributed by atoms with Crippen molar-refractivity contribution in [3.63, 3.8) is 0 Å². The molecule has 18 heavy (non-hydrogen) atoms. The maximum absolute atomic E-state index is 6.20. The first-order valence-electron chi connectivity index (χ1n) is 6.15. The van der Waals surface area contributed by atoms with E-state index >= 15 is 0 Å². The minimum atomic E-state index is 0.138. The van der Waals surface area contributed by atoms with E-state index in [9.17, 15) is 0 Å². The first-order chi connectivity index (χ1) is 8.45. The van der Waals surface area contributed by atoms with Crippen LogP contribution < -0.4 is 5.32 Å². The smallest absolute Gasteiger partial charge is 0.0618 e. The lowest BCUT2D eigenvalue weighted by Gasteiger charge is -2.26. The molecule has 0 aliphatic rings. The first-order valence-corrected chi connectivity index (χ1v) is 6.91. The fourth-order valence-electron chi connectivity index (χ4n) is 1.87. The molecule has 0 heterocycles. The van der Waals surface area contributed by atoms with Gasteiger partial charge in [-0.3, -0.25) is 0 Å². The van der Waals surface area contributed by atoms with Crippen molar-refractivity contribution in [2.45, 2.75) is 32.9 Å². The summed E-state index contributed by atoms with van der Waals surface area (Å²) in [4.78, 5) is 0. The summed E-state index contributed by atoms with van der Waals surface area (Å²) in [6, 6.07) is 5.97. The van der Waals surface area contributed by atoms with Gasteiger partial charge in [0.2, 0.25) is 0 Å². The van der Waals surface area contributed by atoms with Crippen LogP contribution in [0, 0.1) is 5.92 Å². The Morgan fingerprint density at radius 2 is 1.89 bits per heavy atom. The van der Waals surface area contributed by atoms with Crippen LogP contribution in [0.3, 0.4) is 0 Å². The molecule has 1 N–H and O–H groups in total. The third kappa shape index (κ3) is 4.43. The van der Waals surface area contributed by atoms with Crippen molar-refractivity contribution >= 4 is 23.2 Å². The molecule has 0 amide bonds. The molecule has 1 rings (SSSR count). The summed E-state index contributed by atoms with van der Waals surface area (Å²) in [6.45, 7) is 7.11. The number of methoxy groups -OCH3 is 1. The molecule has 2 atom stereocenters. The molecule has 0 aliphatic heterocycles. The van der Waals surface area contributed by atoms with Crippen LogP contribution in [0.1, 0.15) is 32.4 Å². The van der Waals surface area contributed by atoms with E-state index in [-0.39, 0.29) is 6.04 Å². The molecule has 0 aromatic heterocycles. The lowest BCUT2D eigenvalue weighted by Crippen LogP contribution is -2.39. The van der Waals surface area contributed by atoms with Gasteiger partial charge in [0.25, 0.3) is 0 Å². The second kappa shape index (κ2) is 7.34. The Bertz CT molecular complexity index is 382. The minimum Gasteiger partial charge on any atom is -0.383 e. The highest BCUT2D eigenvalue weighted by Gasteiger charge is 2.18. The van der Waals surface area contributed by atoms with Gasteiger partial charge in [-0.1, -0.05) is 37.0 Å². The molecule has 2 unspecified atom stereocenters. The van der Waals surface area contributed by atoms with Crippen LogP contribution in [-0.4, -0.2) is 19.8 Å². The van der Waals surface area contributed by atoms with Gasteiger partial charge in [-0.2, -0.15) is 0 Å². The second-order valence-corrected chi connectivity index (χ2v) is 5.70. The monoisotopic (exact) mass is 289 g/mol. The Balaban J connectivity index is 2.79. The predicted molar refractivity (Wildman–Crippen MR) is 78.5 cm³/mol. The van der Waals surface area contributed by atoms with E-state index in [4.69, 9.17) is 27.9 Å². The molecule has 2 nitrogen and oxygen atoms in total. The van der Waals surface area contributed by atoms with Gasteiger partial charge in [0.15, 0.2) is 0 Å². The summed E-state index contributed by atoms with van der Waals surface area (Å²) in [5.74, 6) is 0.491. The summed E-state index contributed by atoms with van der Waals surface area (Å²) < 4.78 is 5.23. The largest absolute Gasteiger partial charge is 0.383 e. The first kappa shape index (κ1) is 15.8. The highest BCUT2D eigenvalue weighted by atomic mass is 35.5. The van der Waals surface area contributed by atoms with Crippen LogP contribution in [0.4, 0.5) is 0 Å². The number of halogens is 2. The van der Waals surface area contributed by atoms with Gasteiger partial charge in [0.1, 0.15) is 0 Å². The van der Waals surface area contributed by atoms with Crippen molar-refractivity contribution in [2.75, 3.05) is 13.7 Å². The molecule has 102 valence electrons. The number of hydrogen-bond donors (Lipinski definition) is 1. The van der Waals surface area contributed by atoms with Gasteiger partial charge in [-0.15, -0.1) is 0 Å². The van der Waals surface area contributed by atoms with Crippen molar-refractivity contribution in [3.05, 3.63) is 33.8 Å². The van der Waals surface area contributed by atoms with Crippen molar-refractivity contribution in [3.8, 4) is 0 Å². The maximum Gasteiger partial charge on any atom is 0.0618 e. The lowest BCUT2D eigenvalue weighted by molar-refractivity contribution is 0.141. The standard InChI is InChI=1S/C14H21Cl2NO/c1-9(2)14(8-18-4)17-10(3)12-7-11(15)5-6-13(12)16/h5-7,9-10,14,17H,8H2,1-4H3. The molecule has 0 radical (unpaired) electrons. The van der Waals surface area contributed by atoms with Gasteiger partial charge < -0.3 is 10.1 Å². The Morgan fingerprint density at radius 1 is 1.22 bits per heavy atom. The molecular weight excluding hydrogens is 269 g/mol.